The molecule has 1 fully saturated rings. The third-order valence-corrected chi connectivity index (χ3v) is 7.31. The van der Waals surface area contributed by atoms with Crippen LogP contribution in [0, 0.1) is 5.82 Å². The number of carbonyl (C=O) groups excluding carboxylic acids is 2. The van der Waals surface area contributed by atoms with Crippen molar-refractivity contribution < 1.29 is 18.7 Å². The lowest BCUT2D eigenvalue weighted by Crippen LogP contribution is -2.54. The highest BCUT2D eigenvalue weighted by Crippen LogP contribution is 2.53. The van der Waals surface area contributed by atoms with E-state index < -0.39 is 22.6 Å². The topological polar surface area (TPSA) is 46.6 Å². The summed E-state index contributed by atoms with van der Waals surface area (Å²) in [4.78, 5) is 28.3. The first-order chi connectivity index (χ1) is 15.5. The normalized spacial score (nSPS) is 20.8. The number of amides is 1. The lowest BCUT2D eigenvalue weighted by molar-refractivity contribution is -0.149. The van der Waals surface area contributed by atoms with Crippen molar-refractivity contribution in [3.63, 3.8) is 0 Å². The number of esters is 1. The number of methoxy groups -OCH3 is 1. The minimum Gasteiger partial charge on any atom is -0.468 e. The number of hydrogen-bond acceptors (Lipinski definition) is 4. The molecule has 2 atom stereocenters. The number of thioether (sulfide) groups is 1. The number of halogens is 2. The Balaban J connectivity index is 1.91. The van der Waals surface area contributed by atoms with E-state index in [0.717, 1.165) is 11.1 Å². The maximum atomic E-state index is 13.8. The smallest absolute Gasteiger partial charge is 0.329 e. The van der Waals surface area contributed by atoms with Gasteiger partial charge in [0.25, 0.3) is 0 Å². The molecule has 1 aliphatic heterocycles. The SMILES string of the molecule is COC(=O)[C@@]1(c2ccccc2)SCC(=O)N(Cc2ccc(Cl)cc2)[C@@H]1c1ccc(F)cc1. The molecule has 1 saturated heterocycles. The van der Waals surface area contributed by atoms with E-state index in [1.165, 1.54) is 31.0 Å². The minimum absolute atomic E-state index is 0.106. The van der Waals surface area contributed by atoms with Crippen LogP contribution in [0.4, 0.5) is 4.39 Å². The van der Waals surface area contributed by atoms with Crippen LogP contribution < -0.4 is 0 Å². The number of rotatable bonds is 5. The fraction of sp³-hybridized carbons (Fsp3) is 0.200. The summed E-state index contributed by atoms with van der Waals surface area (Å²) in [7, 11) is 1.34. The molecule has 0 spiro atoms. The Hall–Kier alpha value is -2.83. The molecule has 1 amide bonds. The third kappa shape index (κ3) is 4.12. The summed E-state index contributed by atoms with van der Waals surface area (Å²) in [6.45, 7) is 0.268. The van der Waals surface area contributed by atoms with Gasteiger partial charge in [0.15, 0.2) is 4.75 Å². The van der Waals surface area contributed by atoms with Gasteiger partial charge in [-0.15, -0.1) is 11.8 Å². The molecule has 0 aromatic heterocycles. The lowest BCUT2D eigenvalue weighted by atomic mass is 9.84. The van der Waals surface area contributed by atoms with Crippen molar-refractivity contribution in [3.8, 4) is 0 Å². The van der Waals surface area contributed by atoms with E-state index in [0.29, 0.717) is 10.6 Å². The van der Waals surface area contributed by atoms with Crippen molar-refractivity contribution >= 4 is 35.2 Å². The first-order valence-electron chi connectivity index (χ1n) is 10.0. The van der Waals surface area contributed by atoms with Crippen molar-refractivity contribution in [2.45, 2.75) is 17.3 Å². The average Bonchev–Trinajstić information content (AvgIpc) is 2.82. The van der Waals surface area contributed by atoms with Crippen LogP contribution in [0.2, 0.25) is 5.02 Å². The molecule has 0 unspecified atom stereocenters. The van der Waals surface area contributed by atoms with Gasteiger partial charge in [0.1, 0.15) is 5.82 Å². The van der Waals surface area contributed by atoms with Crippen LogP contribution in [-0.2, 0) is 25.6 Å². The summed E-state index contributed by atoms with van der Waals surface area (Å²) in [6, 6.07) is 21.7. The first kappa shape index (κ1) is 22.4. The summed E-state index contributed by atoms with van der Waals surface area (Å²) in [5.74, 6) is -0.863. The van der Waals surface area contributed by atoms with Crippen molar-refractivity contribution in [2.75, 3.05) is 12.9 Å². The molecular formula is C25H21ClFNO3S. The van der Waals surface area contributed by atoms with Crippen LogP contribution in [0.25, 0.3) is 0 Å². The summed E-state index contributed by atoms with van der Waals surface area (Å²) in [5.41, 5.74) is 2.24. The Morgan fingerprint density at radius 3 is 2.38 bits per heavy atom. The van der Waals surface area contributed by atoms with Gasteiger partial charge >= 0.3 is 5.97 Å². The second-order valence-electron chi connectivity index (χ2n) is 7.48. The molecule has 1 heterocycles. The van der Waals surface area contributed by atoms with Crippen molar-refractivity contribution in [1.82, 2.24) is 4.90 Å². The van der Waals surface area contributed by atoms with Gasteiger partial charge in [0.05, 0.1) is 18.9 Å². The maximum absolute atomic E-state index is 13.8. The quantitative estimate of drug-likeness (QED) is 0.472. The van der Waals surface area contributed by atoms with E-state index >= 15 is 0 Å². The van der Waals surface area contributed by atoms with Gasteiger partial charge in [-0.3, -0.25) is 9.59 Å². The molecule has 0 aliphatic carbocycles. The fourth-order valence-electron chi connectivity index (χ4n) is 4.09. The third-order valence-electron chi connectivity index (χ3n) is 5.58. The Bertz CT molecular complexity index is 1110. The van der Waals surface area contributed by atoms with Gasteiger partial charge in [-0.25, -0.2) is 4.39 Å². The van der Waals surface area contributed by atoms with E-state index in [2.05, 4.69) is 0 Å². The van der Waals surface area contributed by atoms with Crippen LogP contribution in [0.1, 0.15) is 22.7 Å². The highest BCUT2D eigenvalue weighted by atomic mass is 35.5. The molecule has 7 heteroatoms. The van der Waals surface area contributed by atoms with Gasteiger partial charge in [0, 0.05) is 11.6 Å². The number of benzene rings is 3. The first-order valence-corrected chi connectivity index (χ1v) is 11.4. The highest BCUT2D eigenvalue weighted by Gasteiger charge is 2.56. The Morgan fingerprint density at radius 2 is 1.75 bits per heavy atom. The van der Waals surface area contributed by atoms with Gasteiger partial charge in [-0.05, 0) is 41.0 Å². The van der Waals surface area contributed by atoms with E-state index in [9.17, 15) is 14.0 Å². The van der Waals surface area contributed by atoms with Crippen molar-refractivity contribution in [1.29, 1.82) is 0 Å². The molecule has 0 radical (unpaired) electrons. The predicted octanol–water partition coefficient (Wildman–Crippen LogP) is 5.36. The average molecular weight is 470 g/mol. The molecule has 4 rings (SSSR count). The van der Waals surface area contributed by atoms with E-state index in [1.54, 1.807) is 29.2 Å². The molecule has 4 nitrogen and oxygen atoms in total. The van der Waals surface area contributed by atoms with Crippen molar-refractivity contribution in [2.24, 2.45) is 0 Å². The molecule has 0 bridgehead atoms. The monoisotopic (exact) mass is 469 g/mol. The summed E-state index contributed by atoms with van der Waals surface area (Å²) in [6.07, 6.45) is 0. The molecule has 3 aromatic rings. The van der Waals surface area contributed by atoms with Gasteiger partial charge in [-0.1, -0.05) is 66.2 Å². The summed E-state index contributed by atoms with van der Waals surface area (Å²) < 4.78 is 17.8. The molecule has 0 N–H and O–H groups in total. The van der Waals surface area contributed by atoms with E-state index in [4.69, 9.17) is 16.3 Å². The number of carbonyl (C=O) groups is 2. The zero-order valence-electron chi connectivity index (χ0n) is 17.3. The van der Waals surface area contributed by atoms with E-state index in [-0.39, 0.29) is 18.2 Å². The van der Waals surface area contributed by atoms with Crippen LogP contribution in [0.5, 0.6) is 0 Å². The zero-order valence-corrected chi connectivity index (χ0v) is 18.9. The Kier molecular flexibility index (Phi) is 6.53. The van der Waals surface area contributed by atoms with Crippen LogP contribution >= 0.6 is 23.4 Å². The highest BCUT2D eigenvalue weighted by molar-refractivity contribution is 8.01. The van der Waals surface area contributed by atoms with E-state index in [1.807, 2.05) is 42.5 Å². The summed E-state index contributed by atoms with van der Waals surface area (Å²) in [5, 5.41) is 0.595. The molecule has 32 heavy (non-hydrogen) atoms. The molecule has 3 aromatic carbocycles. The molecular weight excluding hydrogens is 449 g/mol. The standard InChI is InChI=1S/C25H21ClFNO3S/c1-31-24(30)25(19-5-3-2-4-6-19)23(18-9-13-21(27)14-10-18)28(22(29)16-32-25)15-17-7-11-20(26)12-8-17/h2-14,23H,15-16H2,1H3/t23-,25+/m1/s1. The molecule has 164 valence electrons. The fourth-order valence-corrected chi connectivity index (χ4v) is 5.66. The van der Waals surface area contributed by atoms with Gasteiger partial charge in [0.2, 0.25) is 5.91 Å². The molecule has 0 saturated carbocycles. The summed E-state index contributed by atoms with van der Waals surface area (Å²) >= 11 is 7.28. The van der Waals surface area contributed by atoms with Crippen LogP contribution in [0.3, 0.4) is 0 Å². The van der Waals surface area contributed by atoms with Gasteiger partial charge < -0.3 is 9.64 Å². The minimum atomic E-state index is -1.21. The predicted molar refractivity (Wildman–Crippen MR) is 124 cm³/mol. The Morgan fingerprint density at radius 1 is 1.09 bits per heavy atom. The maximum Gasteiger partial charge on any atom is 0.329 e. The van der Waals surface area contributed by atoms with Gasteiger partial charge in [-0.2, -0.15) is 0 Å². The van der Waals surface area contributed by atoms with Crippen LogP contribution in [-0.4, -0.2) is 29.6 Å². The lowest BCUT2D eigenvalue weighted by Gasteiger charge is -2.48. The largest absolute Gasteiger partial charge is 0.468 e. The number of ether oxygens (including phenoxy) is 1. The number of nitrogens with zero attached hydrogens (tertiary/aromatic N) is 1. The van der Waals surface area contributed by atoms with Crippen molar-refractivity contribution in [3.05, 3.63) is 106 Å². The van der Waals surface area contributed by atoms with Crippen LogP contribution in [0.15, 0.2) is 78.9 Å². The number of hydrogen-bond donors (Lipinski definition) is 0. The molecule has 1 aliphatic rings. The zero-order chi connectivity index (χ0) is 22.7. The Labute approximate surface area is 195 Å². The second kappa shape index (κ2) is 9.35. The second-order valence-corrected chi connectivity index (χ2v) is 9.14.